The number of methoxy groups -OCH3 is 1. The molecule has 0 aromatic heterocycles. The van der Waals surface area contributed by atoms with Crippen molar-refractivity contribution < 1.29 is 14.3 Å². The third-order valence-corrected chi connectivity index (χ3v) is 2.71. The van der Waals surface area contributed by atoms with Crippen LogP contribution in [0.1, 0.15) is 6.92 Å². The fourth-order valence-corrected chi connectivity index (χ4v) is 1.79. The number of nitrogens with one attached hydrogen (secondary N) is 2. The summed E-state index contributed by atoms with van der Waals surface area (Å²) >= 11 is 0. The first-order valence-electron chi connectivity index (χ1n) is 6.30. The number of anilines is 2. The van der Waals surface area contributed by atoms with Gasteiger partial charge in [0.05, 0.1) is 12.8 Å². The number of hydrogen-bond donors (Lipinski definition) is 2. The summed E-state index contributed by atoms with van der Waals surface area (Å²) in [5.41, 5.74) is 1.04. The van der Waals surface area contributed by atoms with E-state index in [1.165, 1.54) is 18.9 Å². The van der Waals surface area contributed by atoms with E-state index < -0.39 is 0 Å². The van der Waals surface area contributed by atoms with Crippen molar-refractivity contribution in [1.29, 1.82) is 0 Å². The van der Waals surface area contributed by atoms with Gasteiger partial charge < -0.3 is 15.4 Å². The lowest BCUT2D eigenvalue weighted by atomic mass is 10.2. The van der Waals surface area contributed by atoms with Crippen molar-refractivity contribution >= 4 is 29.5 Å². The molecule has 3 amide bonds. The van der Waals surface area contributed by atoms with Crippen molar-refractivity contribution in [2.75, 3.05) is 24.4 Å². The number of amides is 3. The molecule has 21 heavy (non-hydrogen) atoms. The van der Waals surface area contributed by atoms with E-state index in [-0.39, 0.29) is 18.6 Å². The molecule has 0 spiro atoms. The van der Waals surface area contributed by atoms with Crippen LogP contribution in [-0.2, 0) is 4.79 Å². The van der Waals surface area contributed by atoms with Crippen molar-refractivity contribution in [2.45, 2.75) is 6.92 Å². The fraction of sp³-hybridized carbons (Fsp3) is 0.214. The van der Waals surface area contributed by atoms with Crippen LogP contribution in [0.4, 0.5) is 16.2 Å². The van der Waals surface area contributed by atoms with E-state index in [1.54, 1.807) is 36.7 Å². The van der Waals surface area contributed by atoms with E-state index in [1.807, 2.05) is 0 Å². The Morgan fingerprint density at radius 1 is 1.33 bits per heavy atom. The molecule has 1 heterocycles. The van der Waals surface area contributed by atoms with Gasteiger partial charge in [-0.3, -0.25) is 14.7 Å². The van der Waals surface area contributed by atoms with Gasteiger partial charge in [-0.25, -0.2) is 4.79 Å². The number of urea groups is 1. The van der Waals surface area contributed by atoms with Gasteiger partial charge in [0.25, 0.3) is 0 Å². The summed E-state index contributed by atoms with van der Waals surface area (Å²) in [6.45, 7) is 1.68. The number of carbonyl (C=O) groups is 2. The van der Waals surface area contributed by atoms with Crippen LogP contribution in [-0.4, -0.2) is 36.8 Å². The maximum atomic E-state index is 12.1. The van der Waals surface area contributed by atoms with Gasteiger partial charge in [0.1, 0.15) is 12.4 Å². The molecule has 1 aliphatic heterocycles. The Balaban J connectivity index is 2.16. The minimum atomic E-state index is -0.332. The van der Waals surface area contributed by atoms with Crippen molar-refractivity contribution in [3.63, 3.8) is 0 Å². The number of nitrogens with zero attached hydrogens (tertiary/aromatic N) is 2. The Labute approximate surface area is 122 Å². The fourth-order valence-electron chi connectivity index (χ4n) is 1.79. The second-order valence-corrected chi connectivity index (χ2v) is 4.31. The molecule has 0 radical (unpaired) electrons. The lowest BCUT2D eigenvalue weighted by molar-refractivity contribution is -0.114. The van der Waals surface area contributed by atoms with Gasteiger partial charge in [-0.1, -0.05) is 0 Å². The van der Waals surface area contributed by atoms with Gasteiger partial charge in [-0.15, -0.1) is 0 Å². The lowest BCUT2D eigenvalue weighted by Crippen LogP contribution is -2.32. The molecule has 7 heteroatoms. The molecule has 0 bridgehead atoms. The third-order valence-electron chi connectivity index (χ3n) is 2.71. The Kier molecular flexibility index (Phi) is 4.55. The largest absolute Gasteiger partial charge is 0.495 e. The van der Waals surface area contributed by atoms with Gasteiger partial charge >= 0.3 is 6.03 Å². The molecule has 0 atom stereocenters. The third kappa shape index (κ3) is 3.82. The lowest BCUT2D eigenvalue weighted by Gasteiger charge is -2.19. The summed E-state index contributed by atoms with van der Waals surface area (Å²) in [4.78, 5) is 28.6. The van der Waals surface area contributed by atoms with Crippen LogP contribution in [0.25, 0.3) is 0 Å². The monoisotopic (exact) mass is 288 g/mol. The molecule has 1 aromatic carbocycles. The topological polar surface area (TPSA) is 83.0 Å². The molecule has 7 nitrogen and oxygen atoms in total. The summed E-state index contributed by atoms with van der Waals surface area (Å²) in [5.74, 6) is 0.313. The Morgan fingerprint density at radius 3 is 2.76 bits per heavy atom. The van der Waals surface area contributed by atoms with E-state index in [2.05, 4.69) is 15.6 Å². The standard InChI is InChI=1S/C14H16N4O3/c1-10(19)16-11-4-5-13(21-2)12(8-11)17-14(20)18-7-3-6-15-9-18/h3-8H,9H2,1-2H3,(H,16,19)(H,17,20). The quantitative estimate of drug-likeness (QED) is 0.892. The molecule has 0 aliphatic carbocycles. The highest BCUT2D eigenvalue weighted by molar-refractivity contribution is 5.95. The zero-order valence-corrected chi connectivity index (χ0v) is 11.8. The van der Waals surface area contributed by atoms with Crippen molar-refractivity contribution in [2.24, 2.45) is 4.99 Å². The maximum absolute atomic E-state index is 12.1. The number of rotatable bonds is 3. The summed E-state index contributed by atoms with van der Waals surface area (Å²) in [5, 5.41) is 5.38. The SMILES string of the molecule is COc1ccc(NC(C)=O)cc1NC(=O)N1C=CC=NC1. The number of ether oxygens (including phenoxy) is 1. The number of benzene rings is 1. The number of aliphatic imine (C=N–C) groups is 1. The molecule has 0 fully saturated rings. The molecule has 2 rings (SSSR count). The van der Waals surface area contributed by atoms with Crippen LogP contribution < -0.4 is 15.4 Å². The first kappa shape index (κ1) is 14.6. The number of carbonyl (C=O) groups excluding carboxylic acids is 2. The highest BCUT2D eigenvalue weighted by Crippen LogP contribution is 2.28. The summed E-state index contributed by atoms with van der Waals surface area (Å²) in [7, 11) is 1.51. The minimum absolute atomic E-state index is 0.189. The molecular weight excluding hydrogens is 272 g/mol. The van der Waals surface area contributed by atoms with E-state index in [4.69, 9.17) is 4.74 Å². The van der Waals surface area contributed by atoms with Crippen LogP contribution in [0.15, 0.2) is 35.5 Å². The van der Waals surface area contributed by atoms with E-state index >= 15 is 0 Å². The average Bonchev–Trinajstić information content (AvgIpc) is 2.48. The first-order valence-corrected chi connectivity index (χ1v) is 6.30. The van der Waals surface area contributed by atoms with Crippen LogP contribution in [0, 0.1) is 0 Å². The molecule has 0 saturated heterocycles. The van der Waals surface area contributed by atoms with Crippen molar-refractivity contribution in [1.82, 2.24) is 4.90 Å². The molecule has 0 unspecified atom stereocenters. The highest BCUT2D eigenvalue weighted by atomic mass is 16.5. The molecular formula is C14H16N4O3. The summed E-state index contributed by atoms with van der Waals surface area (Å²) in [6.07, 6.45) is 4.93. The minimum Gasteiger partial charge on any atom is -0.495 e. The number of hydrogen-bond acceptors (Lipinski definition) is 4. The molecule has 1 aliphatic rings. The zero-order valence-electron chi connectivity index (χ0n) is 11.8. The van der Waals surface area contributed by atoms with Gasteiger partial charge in [-0.05, 0) is 24.3 Å². The van der Waals surface area contributed by atoms with E-state index in [9.17, 15) is 9.59 Å². The zero-order chi connectivity index (χ0) is 15.2. The van der Waals surface area contributed by atoms with Crippen LogP contribution in [0.3, 0.4) is 0 Å². The highest BCUT2D eigenvalue weighted by Gasteiger charge is 2.14. The first-order chi connectivity index (χ1) is 10.1. The van der Waals surface area contributed by atoms with E-state index in [0.717, 1.165) is 0 Å². The van der Waals surface area contributed by atoms with Crippen molar-refractivity contribution in [3.8, 4) is 5.75 Å². The molecule has 2 N–H and O–H groups in total. The van der Waals surface area contributed by atoms with Gasteiger partial charge in [0, 0.05) is 25.0 Å². The predicted octanol–water partition coefficient (Wildman–Crippen LogP) is 2.04. The Morgan fingerprint density at radius 2 is 2.14 bits per heavy atom. The summed E-state index contributed by atoms with van der Waals surface area (Å²) < 4.78 is 5.20. The average molecular weight is 288 g/mol. The number of allylic oxidation sites excluding steroid dienone is 1. The maximum Gasteiger partial charge on any atom is 0.327 e. The molecule has 1 aromatic rings. The normalized spacial score (nSPS) is 13.0. The van der Waals surface area contributed by atoms with Crippen molar-refractivity contribution in [3.05, 3.63) is 30.5 Å². The Hall–Kier alpha value is -2.83. The predicted molar refractivity (Wildman–Crippen MR) is 80.7 cm³/mol. The molecule has 0 saturated carbocycles. The van der Waals surface area contributed by atoms with Gasteiger partial charge in [-0.2, -0.15) is 0 Å². The Bertz CT molecular complexity index is 610. The van der Waals surface area contributed by atoms with Gasteiger partial charge in [0.15, 0.2) is 0 Å². The smallest absolute Gasteiger partial charge is 0.327 e. The summed E-state index contributed by atoms with van der Waals surface area (Å²) in [6, 6.07) is 4.67. The van der Waals surface area contributed by atoms with E-state index in [0.29, 0.717) is 17.1 Å². The van der Waals surface area contributed by atoms with Crippen LogP contribution in [0.2, 0.25) is 0 Å². The van der Waals surface area contributed by atoms with Gasteiger partial charge in [0.2, 0.25) is 5.91 Å². The second-order valence-electron chi connectivity index (χ2n) is 4.31. The van der Waals surface area contributed by atoms with Crippen LogP contribution in [0.5, 0.6) is 5.75 Å². The van der Waals surface area contributed by atoms with Crippen LogP contribution >= 0.6 is 0 Å². The second kappa shape index (κ2) is 6.56. The molecule has 110 valence electrons.